The quantitative estimate of drug-likeness (QED) is 0.475. The van der Waals surface area contributed by atoms with Gasteiger partial charge in [0.2, 0.25) is 0 Å². The topological polar surface area (TPSA) is 76.7 Å². The van der Waals surface area contributed by atoms with E-state index in [9.17, 15) is 14.7 Å². The fourth-order valence-electron chi connectivity index (χ4n) is 3.85. The molecule has 3 aromatic rings. The van der Waals surface area contributed by atoms with Gasteiger partial charge >= 0.3 is 5.63 Å². The van der Waals surface area contributed by atoms with E-state index < -0.39 is 11.5 Å². The molecule has 1 aliphatic heterocycles. The van der Waals surface area contributed by atoms with Gasteiger partial charge in [-0.1, -0.05) is 48.9 Å². The van der Waals surface area contributed by atoms with Gasteiger partial charge in [0.15, 0.2) is 5.78 Å². The number of carbonyl (C=O) groups excluding carboxylic acids is 1. The summed E-state index contributed by atoms with van der Waals surface area (Å²) in [7, 11) is 0. The Bertz CT molecular complexity index is 1230. The number of ketones is 1. The predicted molar refractivity (Wildman–Crippen MR) is 116 cm³/mol. The Morgan fingerprint density at radius 2 is 1.83 bits per heavy atom. The summed E-state index contributed by atoms with van der Waals surface area (Å²) in [5, 5.41) is 11.6. The van der Waals surface area contributed by atoms with Crippen molar-refractivity contribution in [1.82, 2.24) is 0 Å². The van der Waals surface area contributed by atoms with E-state index in [0.29, 0.717) is 28.7 Å². The third kappa shape index (κ3) is 3.20. The van der Waals surface area contributed by atoms with E-state index in [2.05, 4.69) is 0 Å². The summed E-state index contributed by atoms with van der Waals surface area (Å²) in [5.74, 6) is -0.464. The molecule has 1 N–H and O–H groups in total. The van der Waals surface area contributed by atoms with E-state index in [0.717, 1.165) is 11.1 Å². The SMILES string of the molecule is CC(C)=CCc1c2c(c(O)c3c(-c4ccccc4)cc(=O)oc13)C(=O)[C@@H](C)[C@@H](C)O2. The molecule has 0 saturated heterocycles. The van der Waals surface area contributed by atoms with Gasteiger partial charge in [-0.15, -0.1) is 0 Å². The number of Topliss-reactive ketones (excluding diaryl/α,β-unsaturated/α-hetero) is 1. The van der Waals surface area contributed by atoms with E-state index in [1.807, 2.05) is 57.2 Å². The zero-order valence-electron chi connectivity index (χ0n) is 17.5. The van der Waals surface area contributed by atoms with Crippen molar-refractivity contribution in [1.29, 1.82) is 0 Å². The molecular weight excluding hydrogens is 380 g/mol. The van der Waals surface area contributed by atoms with Crippen molar-refractivity contribution in [2.45, 2.75) is 40.2 Å². The summed E-state index contributed by atoms with van der Waals surface area (Å²) in [6.45, 7) is 7.56. The van der Waals surface area contributed by atoms with Crippen LogP contribution < -0.4 is 10.4 Å². The van der Waals surface area contributed by atoms with Crippen molar-refractivity contribution in [3.63, 3.8) is 0 Å². The second kappa shape index (κ2) is 7.48. The van der Waals surface area contributed by atoms with Gasteiger partial charge in [0.05, 0.1) is 11.3 Å². The second-order valence-corrected chi connectivity index (χ2v) is 8.04. The number of hydrogen-bond acceptors (Lipinski definition) is 5. The Kier molecular flexibility index (Phi) is 4.98. The maximum absolute atomic E-state index is 13.1. The third-order valence-electron chi connectivity index (χ3n) is 5.68. The number of phenolic OH excluding ortho intramolecular Hbond substituents is 1. The molecular formula is C25H24O5. The number of ether oxygens (including phenoxy) is 1. The molecule has 0 unspecified atom stereocenters. The van der Waals surface area contributed by atoms with Crippen molar-refractivity contribution in [3.8, 4) is 22.6 Å². The maximum atomic E-state index is 13.1. The molecule has 1 aromatic heterocycles. The van der Waals surface area contributed by atoms with E-state index in [1.54, 1.807) is 6.92 Å². The average Bonchev–Trinajstić information content (AvgIpc) is 2.71. The van der Waals surface area contributed by atoms with Crippen LogP contribution in [0.2, 0.25) is 0 Å². The van der Waals surface area contributed by atoms with Crippen molar-refractivity contribution in [2.75, 3.05) is 0 Å². The lowest BCUT2D eigenvalue weighted by atomic mass is 9.86. The zero-order chi connectivity index (χ0) is 21.6. The molecule has 1 aliphatic rings. The van der Waals surface area contributed by atoms with Crippen molar-refractivity contribution < 1.29 is 19.1 Å². The van der Waals surface area contributed by atoms with Crippen LogP contribution in [0.5, 0.6) is 11.5 Å². The van der Waals surface area contributed by atoms with Crippen LogP contribution in [0.4, 0.5) is 0 Å². The number of carbonyl (C=O) groups is 1. The second-order valence-electron chi connectivity index (χ2n) is 8.04. The van der Waals surface area contributed by atoms with E-state index in [4.69, 9.17) is 9.15 Å². The minimum absolute atomic E-state index is 0.163. The molecule has 2 aromatic carbocycles. The largest absolute Gasteiger partial charge is 0.506 e. The van der Waals surface area contributed by atoms with Crippen LogP contribution in [0.15, 0.2) is 57.3 Å². The first-order chi connectivity index (χ1) is 14.3. The molecule has 0 radical (unpaired) electrons. The number of phenols is 1. The van der Waals surface area contributed by atoms with E-state index in [1.165, 1.54) is 6.07 Å². The highest BCUT2D eigenvalue weighted by Gasteiger charge is 2.37. The standard InChI is InChI=1S/C25H24O5/c1-13(2)10-11-17-24-20(18(12-19(26)30-24)16-8-6-5-7-9-16)23(28)21-22(27)14(3)15(4)29-25(17)21/h5-10,12,14-15,28H,11H2,1-4H3/t14-,15+/m0/s1. The molecule has 2 atom stereocenters. The van der Waals surface area contributed by atoms with Gasteiger partial charge in [0, 0.05) is 17.2 Å². The first-order valence-corrected chi connectivity index (χ1v) is 10.0. The number of allylic oxidation sites excluding steroid dienone is 2. The number of hydrogen-bond donors (Lipinski definition) is 1. The number of aromatic hydroxyl groups is 1. The lowest BCUT2D eigenvalue weighted by molar-refractivity contribution is 0.0723. The average molecular weight is 404 g/mol. The third-order valence-corrected chi connectivity index (χ3v) is 5.68. The first kappa shape index (κ1) is 20.0. The Morgan fingerprint density at radius 3 is 2.50 bits per heavy atom. The van der Waals surface area contributed by atoms with Gasteiger partial charge in [-0.3, -0.25) is 4.79 Å². The zero-order valence-corrected chi connectivity index (χ0v) is 17.5. The molecule has 30 heavy (non-hydrogen) atoms. The minimum atomic E-state index is -0.525. The van der Waals surface area contributed by atoms with Gasteiger partial charge < -0.3 is 14.3 Å². The number of fused-ring (bicyclic) bond motifs is 2. The van der Waals surface area contributed by atoms with Crippen LogP contribution in [-0.4, -0.2) is 17.0 Å². The highest BCUT2D eigenvalue weighted by Crippen LogP contribution is 2.47. The normalized spacial score (nSPS) is 18.1. The van der Waals surface area contributed by atoms with E-state index in [-0.39, 0.29) is 28.8 Å². The molecule has 154 valence electrons. The molecule has 2 heterocycles. The maximum Gasteiger partial charge on any atom is 0.336 e. The summed E-state index contributed by atoms with van der Waals surface area (Å²) >= 11 is 0. The molecule has 0 amide bonds. The van der Waals surface area contributed by atoms with Gasteiger partial charge in [0.1, 0.15) is 28.7 Å². The Hall–Kier alpha value is -3.34. The monoisotopic (exact) mass is 404 g/mol. The van der Waals surface area contributed by atoms with Gasteiger partial charge in [-0.25, -0.2) is 4.79 Å². The first-order valence-electron chi connectivity index (χ1n) is 10.0. The molecule has 0 saturated carbocycles. The number of benzene rings is 2. The van der Waals surface area contributed by atoms with Crippen LogP contribution in [-0.2, 0) is 6.42 Å². The van der Waals surface area contributed by atoms with E-state index >= 15 is 0 Å². The number of rotatable bonds is 3. The van der Waals surface area contributed by atoms with Crippen molar-refractivity contribution >= 4 is 16.8 Å². The fraction of sp³-hybridized carbons (Fsp3) is 0.280. The predicted octanol–water partition coefficient (Wildman–Crippen LogP) is 5.27. The smallest absolute Gasteiger partial charge is 0.336 e. The molecule has 0 aliphatic carbocycles. The lowest BCUT2D eigenvalue weighted by Crippen LogP contribution is -2.34. The lowest BCUT2D eigenvalue weighted by Gasteiger charge is -2.30. The fourth-order valence-corrected chi connectivity index (χ4v) is 3.85. The highest BCUT2D eigenvalue weighted by atomic mass is 16.5. The molecule has 0 spiro atoms. The molecule has 0 bridgehead atoms. The van der Waals surface area contributed by atoms with Crippen LogP contribution in [0.1, 0.15) is 43.6 Å². The van der Waals surface area contributed by atoms with Crippen molar-refractivity contribution in [3.05, 3.63) is 69.6 Å². The molecule has 5 heteroatoms. The Morgan fingerprint density at radius 1 is 1.13 bits per heavy atom. The minimum Gasteiger partial charge on any atom is -0.506 e. The van der Waals surface area contributed by atoms with Gasteiger partial charge in [-0.05, 0) is 32.8 Å². The van der Waals surface area contributed by atoms with Gasteiger partial charge in [-0.2, -0.15) is 0 Å². The summed E-state index contributed by atoms with van der Waals surface area (Å²) < 4.78 is 11.7. The van der Waals surface area contributed by atoms with Crippen molar-refractivity contribution in [2.24, 2.45) is 5.92 Å². The highest BCUT2D eigenvalue weighted by molar-refractivity contribution is 6.12. The molecule has 5 nitrogen and oxygen atoms in total. The van der Waals surface area contributed by atoms with Crippen LogP contribution in [0.3, 0.4) is 0 Å². The van der Waals surface area contributed by atoms with Gasteiger partial charge in [0.25, 0.3) is 0 Å². The van der Waals surface area contributed by atoms with Crippen LogP contribution in [0, 0.1) is 5.92 Å². The van der Waals surface area contributed by atoms with Crippen LogP contribution in [0.25, 0.3) is 22.1 Å². The Balaban J connectivity index is 2.17. The summed E-state index contributed by atoms with van der Waals surface area (Å²) in [6, 6.07) is 10.6. The summed E-state index contributed by atoms with van der Waals surface area (Å²) in [6.07, 6.45) is 2.05. The Labute approximate surface area is 174 Å². The molecule has 0 fully saturated rings. The van der Waals surface area contributed by atoms with Crippen LogP contribution >= 0.6 is 0 Å². The summed E-state index contributed by atoms with van der Waals surface area (Å²) in [4.78, 5) is 25.6. The summed E-state index contributed by atoms with van der Waals surface area (Å²) in [5.41, 5.74) is 2.85. The molecule has 4 rings (SSSR count).